The first kappa shape index (κ1) is 21.7. The van der Waals surface area contributed by atoms with Gasteiger partial charge in [0.2, 0.25) is 0 Å². The number of unbranched alkanes of at least 4 members (excludes halogenated alkanes) is 1. The molecule has 0 N–H and O–H groups in total. The van der Waals surface area contributed by atoms with Crippen molar-refractivity contribution in [2.75, 3.05) is 33.4 Å². The number of halogens is 5. The third-order valence-electron chi connectivity index (χ3n) is 4.84. The van der Waals surface area contributed by atoms with Crippen molar-refractivity contribution in [3.05, 3.63) is 23.8 Å². The Bertz CT molecular complexity index is 598. The lowest BCUT2D eigenvalue weighted by Crippen LogP contribution is -2.48. The number of ether oxygens (including phenoxy) is 2. The summed E-state index contributed by atoms with van der Waals surface area (Å²) in [4.78, 5) is 1.19. The van der Waals surface area contributed by atoms with Crippen molar-refractivity contribution in [3.8, 4) is 11.5 Å². The van der Waals surface area contributed by atoms with Gasteiger partial charge in [-0.2, -0.15) is 22.0 Å². The number of rotatable bonds is 8. The van der Waals surface area contributed by atoms with Crippen LogP contribution in [0, 0.1) is 0 Å². The first-order chi connectivity index (χ1) is 12.7. The molecule has 3 nitrogen and oxygen atoms in total. The molecular formula is C19H26F5NO2. The zero-order valence-corrected chi connectivity index (χ0v) is 15.6. The molecule has 1 saturated heterocycles. The first-order valence-electron chi connectivity index (χ1n) is 9.15. The summed E-state index contributed by atoms with van der Waals surface area (Å²) < 4.78 is 74.8. The van der Waals surface area contributed by atoms with Crippen molar-refractivity contribution >= 4 is 0 Å². The van der Waals surface area contributed by atoms with Gasteiger partial charge in [-0.25, -0.2) is 0 Å². The second-order valence-electron chi connectivity index (χ2n) is 6.86. The van der Waals surface area contributed by atoms with Crippen molar-refractivity contribution in [3.63, 3.8) is 0 Å². The molecule has 1 aromatic carbocycles. The topological polar surface area (TPSA) is 21.7 Å². The molecule has 0 aliphatic carbocycles. The molecule has 0 aromatic heterocycles. The predicted octanol–water partition coefficient (Wildman–Crippen LogP) is 5.25. The van der Waals surface area contributed by atoms with Gasteiger partial charge >= 0.3 is 12.1 Å². The normalized spacial score (nSPS) is 17.1. The molecule has 0 atom stereocenters. The van der Waals surface area contributed by atoms with Gasteiger partial charge in [0.15, 0.2) is 0 Å². The van der Waals surface area contributed by atoms with Crippen LogP contribution in [0.5, 0.6) is 11.5 Å². The molecule has 27 heavy (non-hydrogen) atoms. The quantitative estimate of drug-likeness (QED) is 0.443. The average molecular weight is 395 g/mol. The summed E-state index contributed by atoms with van der Waals surface area (Å²) in [6, 6.07) is 5.51. The fraction of sp³-hybridized carbons (Fsp3) is 0.684. The van der Waals surface area contributed by atoms with Crippen LogP contribution in [-0.2, 0) is 0 Å². The van der Waals surface area contributed by atoms with Gasteiger partial charge in [-0.15, -0.1) is 0 Å². The van der Waals surface area contributed by atoms with Gasteiger partial charge < -0.3 is 9.47 Å². The minimum atomic E-state index is -5.51. The Kier molecular flexibility index (Phi) is 7.31. The Morgan fingerprint density at radius 3 is 2.33 bits per heavy atom. The Morgan fingerprint density at radius 1 is 1.11 bits per heavy atom. The summed E-state index contributed by atoms with van der Waals surface area (Å²) in [7, 11) is 1.56. The van der Waals surface area contributed by atoms with Crippen LogP contribution in [0.2, 0.25) is 0 Å². The van der Waals surface area contributed by atoms with Gasteiger partial charge in [-0.05, 0) is 49.9 Å². The highest BCUT2D eigenvalue weighted by Gasteiger charge is 2.58. The van der Waals surface area contributed by atoms with E-state index in [0.29, 0.717) is 30.9 Å². The molecular weight excluding hydrogens is 369 g/mol. The highest BCUT2D eigenvalue weighted by molar-refractivity contribution is 5.43. The molecule has 0 unspecified atom stereocenters. The van der Waals surface area contributed by atoms with Crippen molar-refractivity contribution < 1.29 is 31.4 Å². The van der Waals surface area contributed by atoms with Crippen LogP contribution in [0.25, 0.3) is 0 Å². The summed E-state index contributed by atoms with van der Waals surface area (Å²) in [6.07, 6.45) is -2.61. The van der Waals surface area contributed by atoms with Gasteiger partial charge in [0, 0.05) is 6.07 Å². The van der Waals surface area contributed by atoms with Crippen molar-refractivity contribution in [1.29, 1.82) is 0 Å². The van der Waals surface area contributed by atoms with Gasteiger partial charge in [0.1, 0.15) is 11.5 Å². The molecule has 1 fully saturated rings. The Balaban J connectivity index is 2.02. The summed E-state index contributed by atoms with van der Waals surface area (Å²) in [5.74, 6) is -3.27. The number of hydrogen-bond donors (Lipinski definition) is 0. The summed E-state index contributed by atoms with van der Waals surface area (Å²) >= 11 is 0. The molecule has 1 aromatic rings. The third kappa shape index (κ3) is 5.70. The number of nitrogens with zero attached hydrogens (tertiary/aromatic N) is 1. The van der Waals surface area contributed by atoms with Crippen LogP contribution in [0.3, 0.4) is 0 Å². The maximum absolute atomic E-state index is 13.3. The molecule has 0 radical (unpaired) electrons. The smallest absolute Gasteiger partial charge is 0.454 e. The number of piperidine rings is 1. The second kappa shape index (κ2) is 9.08. The fourth-order valence-corrected chi connectivity index (χ4v) is 3.20. The molecule has 154 valence electrons. The zero-order chi connectivity index (χ0) is 20.1. The fourth-order valence-electron chi connectivity index (χ4n) is 3.20. The SMILES string of the molecule is CCCCOc1cc(OC)ccc1C1CCN(CC(F)(F)C(F)(F)F)CC1. The highest BCUT2D eigenvalue weighted by atomic mass is 19.4. The average Bonchev–Trinajstić information content (AvgIpc) is 2.61. The van der Waals surface area contributed by atoms with Crippen LogP contribution in [-0.4, -0.2) is 50.3 Å². The molecule has 0 amide bonds. The highest BCUT2D eigenvalue weighted by Crippen LogP contribution is 2.39. The molecule has 2 rings (SSSR count). The monoisotopic (exact) mass is 395 g/mol. The number of hydrogen-bond acceptors (Lipinski definition) is 3. The van der Waals surface area contributed by atoms with E-state index in [1.807, 2.05) is 12.1 Å². The van der Waals surface area contributed by atoms with E-state index in [-0.39, 0.29) is 19.0 Å². The summed E-state index contributed by atoms with van der Waals surface area (Å²) in [5.41, 5.74) is 0.953. The molecule has 1 aliphatic heterocycles. The maximum atomic E-state index is 13.3. The minimum absolute atomic E-state index is 0.0586. The van der Waals surface area contributed by atoms with Crippen molar-refractivity contribution in [1.82, 2.24) is 4.90 Å². The first-order valence-corrected chi connectivity index (χ1v) is 9.15. The van der Waals surface area contributed by atoms with E-state index in [0.717, 1.165) is 18.4 Å². The molecule has 8 heteroatoms. The lowest BCUT2D eigenvalue weighted by Gasteiger charge is -2.35. The lowest BCUT2D eigenvalue weighted by atomic mass is 9.88. The standard InChI is InChI=1S/C19H26F5NO2/c1-3-4-11-27-17-12-15(26-2)5-6-16(17)14-7-9-25(10-8-14)13-18(20,21)19(22,23)24/h5-6,12,14H,3-4,7-11,13H2,1-2H3. The van der Waals surface area contributed by atoms with Crippen LogP contribution in [0.1, 0.15) is 44.1 Å². The lowest BCUT2D eigenvalue weighted by molar-refractivity contribution is -0.287. The van der Waals surface area contributed by atoms with Crippen LogP contribution in [0.15, 0.2) is 18.2 Å². The third-order valence-corrected chi connectivity index (χ3v) is 4.84. The molecule has 1 aliphatic rings. The van der Waals surface area contributed by atoms with Gasteiger partial charge in [-0.3, -0.25) is 4.90 Å². The largest absolute Gasteiger partial charge is 0.497 e. The number of alkyl halides is 5. The van der Waals surface area contributed by atoms with E-state index in [1.165, 1.54) is 4.90 Å². The van der Waals surface area contributed by atoms with Gasteiger partial charge in [-0.1, -0.05) is 19.4 Å². The molecule has 0 spiro atoms. The number of benzene rings is 1. The number of likely N-dealkylation sites (tertiary alicyclic amines) is 1. The number of methoxy groups -OCH3 is 1. The molecule has 1 heterocycles. The zero-order valence-electron chi connectivity index (χ0n) is 15.6. The predicted molar refractivity (Wildman–Crippen MR) is 92.8 cm³/mol. The van der Waals surface area contributed by atoms with Crippen molar-refractivity contribution in [2.45, 2.75) is 50.6 Å². The maximum Gasteiger partial charge on any atom is 0.454 e. The van der Waals surface area contributed by atoms with E-state index in [9.17, 15) is 22.0 Å². The van der Waals surface area contributed by atoms with E-state index in [1.54, 1.807) is 13.2 Å². The van der Waals surface area contributed by atoms with Crippen LogP contribution >= 0.6 is 0 Å². The summed E-state index contributed by atoms with van der Waals surface area (Å²) in [5, 5.41) is 0. The summed E-state index contributed by atoms with van der Waals surface area (Å²) in [6.45, 7) is 1.72. The van der Waals surface area contributed by atoms with Crippen LogP contribution < -0.4 is 9.47 Å². The Hall–Kier alpha value is -1.57. The Labute approximate surface area is 156 Å². The van der Waals surface area contributed by atoms with E-state index in [2.05, 4.69) is 6.92 Å². The van der Waals surface area contributed by atoms with Crippen molar-refractivity contribution in [2.24, 2.45) is 0 Å². The van der Waals surface area contributed by atoms with E-state index in [4.69, 9.17) is 9.47 Å². The van der Waals surface area contributed by atoms with E-state index >= 15 is 0 Å². The van der Waals surface area contributed by atoms with Gasteiger partial charge in [0.25, 0.3) is 0 Å². The van der Waals surface area contributed by atoms with E-state index < -0.39 is 18.6 Å². The second-order valence-corrected chi connectivity index (χ2v) is 6.86. The Morgan fingerprint density at radius 2 is 1.78 bits per heavy atom. The van der Waals surface area contributed by atoms with Gasteiger partial charge in [0.05, 0.1) is 20.3 Å². The molecule has 0 saturated carbocycles. The molecule has 0 bridgehead atoms. The van der Waals surface area contributed by atoms with Crippen LogP contribution in [0.4, 0.5) is 22.0 Å². The minimum Gasteiger partial charge on any atom is -0.497 e.